The van der Waals surface area contributed by atoms with E-state index in [1.807, 2.05) is 0 Å². The highest BCUT2D eigenvalue weighted by molar-refractivity contribution is 7.10. The van der Waals surface area contributed by atoms with Crippen LogP contribution in [0.2, 0.25) is 0 Å². The fourth-order valence-electron chi connectivity index (χ4n) is 1.73. The Labute approximate surface area is 95.1 Å². The highest BCUT2D eigenvalue weighted by Crippen LogP contribution is 2.34. The summed E-state index contributed by atoms with van der Waals surface area (Å²) in [5, 5.41) is 5.58. The molecule has 4 heteroatoms. The van der Waals surface area contributed by atoms with Gasteiger partial charge in [0.2, 0.25) is 0 Å². The van der Waals surface area contributed by atoms with Crippen molar-refractivity contribution in [3.05, 3.63) is 22.4 Å². The third-order valence-electron chi connectivity index (χ3n) is 2.29. The van der Waals surface area contributed by atoms with Crippen LogP contribution in [0.1, 0.15) is 25.6 Å². The minimum atomic E-state index is -0.280. The molecular weight excluding hydrogens is 218 g/mol. The molecule has 0 saturated carbocycles. The van der Waals surface area contributed by atoms with E-state index in [0.29, 0.717) is 0 Å². The summed E-state index contributed by atoms with van der Waals surface area (Å²) in [6, 6.07) is 4.17. The first-order valence-electron chi connectivity index (χ1n) is 4.49. The van der Waals surface area contributed by atoms with Crippen LogP contribution in [0, 0.1) is 0 Å². The Morgan fingerprint density at radius 1 is 1.43 bits per heavy atom. The van der Waals surface area contributed by atoms with Crippen molar-refractivity contribution in [1.82, 2.24) is 5.32 Å². The fourth-order valence-corrected chi connectivity index (χ4v) is 2.52. The number of hydrogen-bond donors (Lipinski definition) is 1. The van der Waals surface area contributed by atoms with E-state index < -0.39 is 0 Å². The largest absolute Gasteiger partial charge is 0.354 e. The maximum Gasteiger partial charge on any atom is 0.152 e. The normalized spacial score (nSPS) is 29.9. The highest BCUT2D eigenvalue weighted by Gasteiger charge is 2.41. The summed E-state index contributed by atoms with van der Waals surface area (Å²) in [6.45, 7) is 7.17. The summed E-state index contributed by atoms with van der Waals surface area (Å²) >= 11 is 1.73. The molecule has 1 saturated heterocycles. The summed E-state index contributed by atoms with van der Waals surface area (Å²) in [5.41, 5.74) is -0.198. The van der Waals surface area contributed by atoms with Gasteiger partial charge in [-0.2, -0.15) is 0 Å². The van der Waals surface area contributed by atoms with E-state index in [2.05, 4.69) is 43.6 Å². The third kappa shape index (κ3) is 2.11. The molecule has 1 unspecified atom stereocenters. The van der Waals surface area contributed by atoms with Gasteiger partial charge >= 0.3 is 0 Å². The molecule has 2 heterocycles. The summed E-state index contributed by atoms with van der Waals surface area (Å²) in [7, 11) is 0. The van der Waals surface area contributed by atoms with Gasteiger partial charge in [0.1, 0.15) is 0 Å². The SMILES string of the molecule is CC1(C)COC(C)(c2cccs2)N1.Cl. The lowest BCUT2D eigenvalue weighted by molar-refractivity contribution is 0.00530. The van der Waals surface area contributed by atoms with Gasteiger partial charge < -0.3 is 4.74 Å². The van der Waals surface area contributed by atoms with E-state index in [1.54, 1.807) is 11.3 Å². The Morgan fingerprint density at radius 3 is 2.57 bits per heavy atom. The van der Waals surface area contributed by atoms with E-state index >= 15 is 0 Å². The molecule has 14 heavy (non-hydrogen) atoms. The Bertz CT molecular complexity index is 299. The maximum atomic E-state index is 5.80. The lowest BCUT2D eigenvalue weighted by atomic mass is 10.1. The van der Waals surface area contributed by atoms with Gasteiger partial charge in [-0.25, -0.2) is 0 Å². The van der Waals surface area contributed by atoms with Crippen molar-refractivity contribution in [2.45, 2.75) is 32.0 Å². The summed E-state index contributed by atoms with van der Waals surface area (Å²) in [6.07, 6.45) is 0. The summed E-state index contributed by atoms with van der Waals surface area (Å²) in [5.74, 6) is 0. The Morgan fingerprint density at radius 2 is 2.14 bits per heavy atom. The molecule has 2 rings (SSSR count). The van der Waals surface area contributed by atoms with E-state index in [9.17, 15) is 0 Å². The van der Waals surface area contributed by atoms with Gasteiger partial charge in [-0.3, -0.25) is 5.32 Å². The van der Waals surface area contributed by atoms with Crippen molar-refractivity contribution in [2.24, 2.45) is 0 Å². The van der Waals surface area contributed by atoms with Crippen LogP contribution in [0.4, 0.5) is 0 Å². The third-order valence-corrected chi connectivity index (χ3v) is 3.36. The van der Waals surface area contributed by atoms with E-state index in [-0.39, 0.29) is 23.7 Å². The van der Waals surface area contributed by atoms with E-state index in [1.165, 1.54) is 4.88 Å². The maximum absolute atomic E-state index is 5.80. The standard InChI is InChI=1S/C10H15NOS.ClH/c1-9(2)7-12-10(3,11-9)8-5-4-6-13-8;/h4-6,11H,7H2,1-3H3;1H. The molecule has 0 radical (unpaired) electrons. The number of thiophene rings is 1. The molecular formula is C10H16ClNOS. The number of rotatable bonds is 1. The highest BCUT2D eigenvalue weighted by atomic mass is 35.5. The lowest BCUT2D eigenvalue weighted by Crippen LogP contribution is -2.44. The predicted octanol–water partition coefficient (Wildman–Crippen LogP) is 2.74. The molecule has 0 aliphatic carbocycles. The van der Waals surface area contributed by atoms with Crippen molar-refractivity contribution in [3.8, 4) is 0 Å². The van der Waals surface area contributed by atoms with Crippen LogP contribution >= 0.6 is 23.7 Å². The van der Waals surface area contributed by atoms with Crippen molar-refractivity contribution in [3.63, 3.8) is 0 Å². The number of nitrogens with one attached hydrogen (secondary N) is 1. The number of halogens is 1. The molecule has 1 aromatic heterocycles. The van der Waals surface area contributed by atoms with E-state index in [0.717, 1.165) is 6.61 Å². The molecule has 1 aromatic rings. The van der Waals surface area contributed by atoms with Crippen LogP contribution in [-0.2, 0) is 10.5 Å². The van der Waals surface area contributed by atoms with Crippen LogP contribution in [0.15, 0.2) is 17.5 Å². The Kier molecular flexibility index (Phi) is 3.26. The van der Waals surface area contributed by atoms with Crippen molar-refractivity contribution in [2.75, 3.05) is 6.61 Å². The first-order chi connectivity index (χ1) is 6.02. The average Bonchev–Trinajstić information content (AvgIpc) is 2.58. The minimum Gasteiger partial charge on any atom is -0.354 e. The molecule has 80 valence electrons. The summed E-state index contributed by atoms with van der Waals surface area (Å²) in [4.78, 5) is 1.25. The van der Waals surface area contributed by atoms with Gasteiger partial charge in [-0.05, 0) is 32.2 Å². The Hall–Kier alpha value is -0.0900. The van der Waals surface area contributed by atoms with Gasteiger partial charge in [-0.15, -0.1) is 23.7 Å². The van der Waals surface area contributed by atoms with Crippen LogP contribution in [-0.4, -0.2) is 12.1 Å². The van der Waals surface area contributed by atoms with Gasteiger partial charge in [0, 0.05) is 5.54 Å². The molecule has 1 aliphatic rings. The zero-order valence-electron chi connectivity index (χ0n) is 8.66. The van der Waals surface area contributed by atoms with Crippen LogP contribution < -0.4 is 5.32 Å². The van der Waals surface area contributed by atoms with Gasteiger partial charge in [0.05, 0.1) is 11.5 Å². The van der Waals surface area contributed by atoms with Gasteiger partial charge in [-0.1, -0.05) is 6.07 Å². The van der Waals surface area contributed by atoms with E-state index in [4.69, 9.17) is 4.74 Å². The number of hydrogen-bond acceptors (Lipinski definition) is 3. The zero-order chi connectivity index (χ0) is 9.53. The predicted molar refractivity (Wildman–Crippen MR) is 62.1 cm³/mol. The smallest absolute Gasteiger partial charge is 0.152 e. The second-order valence-electron chi connectivity index (χ2n) is 4.31. The molecule has 1 fully saturated rings. The monoisotopic (exact) mass is 233 g/mol. The fraction of sp³-hybridized carbons (Fsp3) is 0.600. The molecule has 1 atom stereocenters. The lowest BCUT2D eigenvalue weighted by Gasteiger charge is -2.25. The first kappa shape index (κ1) is 12.0. The van der Waals surface area contributed by atoms with Crippen molar-refractivity contribution < 1.29 is 4.74 Å². The zero-order valence-corrected chi connectivity index (χ0v) is 10.3. The topological polar surface area (TPSA) is 21.3 Å². The second-order valence-corrected chi connectivity index (χ2v) is 5.26. The molecule has 0 amide bonds. The van der Waals surface area contributed by atoms with Crippen molar-refractivity contribution >= 4 is 23.7 Å². The number of ether oxygens (including phenoxy) is 1. The molecule has 1 aliphatic heterocycles. The Balaban J connectivity index is 0.000000980. The molecule has 2 nitrogen and oxygen atoms in total. The first-order valence-corrected chi connectivity index (χ1v) is 5.37. The molecule has 0 spiro atoms. The second kappa shape index (κ2) is 3.81. The quantitative estimate of drug-likeness (QED) is 0.806. The van der Waals surface area contributed by atoms with Gasteiger partial charge in [0.15, 0.2) is 5.72 Å². The molecule has 0 aromatic carbocycles. The minimum absolute atomic E-state index is 0. The molecule has 0 bridgehead atoms. The van der Waals surface area contributed by atoms with Crippen molar-refractivity contribution in [1.29, 1.82) is 0 Å². The van der Waals surface area contributed by atoms with Gasteiger partial charge in [0.25, 0.3) is 0 Å². The summed E-state index contributed by atoms with van der Waals surface area (Å²) < 4.78 is 5.80. The molecule has 1 N–H and O–H groups in total. The average molecular weight is 234 g/mol. The van der Waals surface area contributed by atoms with Crippen LogP contribution in [0.5, 0.6) is 0 Å². The van der Waals surface area contributed by atoms with Crippen LogP contribution in [0.3, 0.4) is 0 Å². The van der Waals surface area contributed by atoms with Crippen LogP contribution in [0.25, 0.3) is 0 Å².